The molecule has 0 spiro atoms. The molecule has 0 aromatic carbocycles. The largest absolute Gasteiger partial charge is 0.432 e. The number of carbonyl (C=O) groups is 1. The number of hydrogen-bond donors (Lipinski definition) is 27. The lowest BCUT2D eigenvalue weighted by Gasteiger charge is -2.72. The first kappa shape index (κ1) is 106. The van der Waals surface area contributed by atoms with Gasteiger partial charge in [0.25, 0.3) is 0 Å². The van der Waals surface area contributed by atoms with Crippen LogP contribution < -0.4 is 0 Å². The van der Waals surface area contributed by atoms with E-state index in [1.165, 1.54) is 20.8 Å². The second-order valence-corrected chi connectivity index (χ2v) is 41.6. The van der Waals surface area contributed by atoms with Crippen molar-refractivity contribution in [1.82, 2.24) is 0 Å². The Balaban J connectivity index is 0.686. The molecule has 0 amide bonds. The molecule has 10 aliphatic heterocycles. The fraction of sp³-hybridized carbons (Fsp3) is 0.965. The summed E-state index contributed by atoms with van der Waals surface area (Å²) in [7, 11) is 0. The average molecular weight is 1940 g/mol. The number of aliphatic hydroxyl groups excluding tert-OH is 25. The zero-order valence-electron chi connectivity index (χ0n) is 75.8. The Hall–Kier alpha value is -2.63. The third kappa shape index (κ3) is 18.6. The van der Waals surface area contributed by atoms with Gasteiger partial charge in [-0.3, -0.25) is 4.79 Å². The van der Waals surface area contributed by atoms with Crippen molar-refractivity contribution >= 4 is 5.97 Å². The molecular weight excluding hydrogens is 1800 g/mol. The lowest BCUT2D eigenvalue weighted by Crippen LogP contribution is -2.70. The minimum absolute atomic E-state index is 0.0533. The van der Waals surface area contributed by atoms with E-state index in [2.05, 4.69) is 40.7 Å². The molecule has 10 saturated heterocycles. The molecule has 0 unspecified atom stereocenters. The first-order valence-corrected chi connectivity index (χ1v) is 46.3. The molecule has 14 fully saturated rings. The summed E-state index contributed by atoms with van der Waals surface area (Å²) in [4.78, 5) is 16.5. The molecule has 48 nitrogen and oxygen atoms in total. The Labute approximate surface area is 770 Å². The molecule has 134 heavy (non-hydrogen) atoms. The maximum absolute atomic E-state index is 16.5. The van der Waals surface area contributed by atoms with E-state index in [1.807, 2.05) is 0 Å². The van der Waals surface area contributed by atoms with Crippen molar-refractivity contribution in [3.05, 3.63) is 11.6 Å². The van der Waals surface area contributed by atoms with Gasteiger partial charge in [0.05, 0.1) is 102 Å². The van der Waals surface area contributed by atoms with E-state index in [1.54, 1.807) is 6.92 Å². The Morgan fingerprint density at radius 3 is 1.41 bits per heavy atom. The molecule has 0 radical (unpaired) electrons. The van der Waals surface area contributed by atoms with Crippen LogP contribution in [0.4, 0.5) is 0 Å². The first-order chi connectivity index (χ1) is 63.0. The van der Waals surface area contributed by atoms with Gasteiger partial charge in [0, 0.05) is 5.41 Å². The fourth-order valence-electron chi connectivity index (χ4n) is 24.3. The van der Waals surface area contributed by atoms with Crippen LogP contribution in [0, 0.1) is 50.2 Å². The number of rotatable bonds is 26. The van der Waals surface area contributed by atoms with Crippen molar-refractivity contribution in [3.63, 3.8) is 0 Å². The summed E-state index contributed by atoms with van der Waals surface area (Å²) in [6.07, 6.45) is -76.0. The first-order valence-electron chi connectivity index (χ1n) is 46.3. The van der Waals surface area contributed by atoms with Crippen molar-refractivity contribution in [3.8, 4) is 0 Å². The number of hydrogen-bond acceptors (Lipinski definition) is 48. The highest BCUT2D eigenvalue weighted by Crippen LogP contribution is 2.76. The molecule has 15 rings (SSSR count). The van der Waals surface area contributed by atoms with E-state index < -0.39 is 398 Å². The summed E-state index contributed by atoms with van der Waals surface area (Å²) in [6, 6.07) is 0. The van der Waals surface area contributed by atoms with Crippen molar-refractivity contribution in [1.29, 1.82) is 0 Å². The van der Waals surface area contributed by atoms with Gasteiger partial charge in [-0.2, -0.15) is 0 Å². The van der Waals surface area contributed by atoms with Crippen molar-refractivity contribution < 1.29 is 237 Å². The minimum Gasteiger partial charge on any atom is -0.432 e. The van der Waals surface area contributed by atoms with Gasteiger partial charge in [-0.1, -0.05) is 53.2 Å². The van der Waals surface area contributed by atoms with Crippen LogP contribution in [0.5, 0.6) is 0 Å². The van der Waals surface area contributed by atoms with E-state index in [0.717, 1.165) is 5.57 Å². The van der Waals surface area contributed by atoms with Crippen molar-refractivity contribution in [2.45, 2.75) is 402 Å². The molecule has 27 N–H and O–H groups in total. The molecule has 48 heteroatoms. The average Bonchev–Trinajstić information content (AvgIpc) is 0.707. The second-order valence-electron chi connectivity index (χ2n) is 41.6. The summed E-state index contributed by atoms with van der Waals surface area (Å²) in [5.41, 5.74) is -8.87. The van der Waals surface area contributed by atoms with Gasteiger partial charge >= 0.3 is 5.97 Å². The Bertz CT molecular complexity index is 3940. The van der Waals surface area contributed by atoms with Crippen LogP contribution in [0.2, 0.25) is 0 Å². The van der Waals surface area contributed by atoms with Crippen LogP contribution in [0.3, 0.4) is 0 Å². The van der Waals surface area contributed by atoms with Crippen LogP contribution in [0.1, 0.15) is 120 Å². The maximum atomic E-state index is 16.5. The Morgan fingerprint density at radius 1 is 0.373 bits per heavy atom. The zero-order valence-corrected chi connectivity index (χ0v) is 75.8. The van der Waals surface area contributed by atoms with Gasteiger partial charge in [-0.15, -0.1) is 0 Å². The molecule has 10 heterocycles. The zero-order chi connectivity index (χ0) is 97.6. The maximum Gasteiger partial charge on any atom is 0.315 e. The predicted octanol–water partition coefficient (Wildman–Crippen LogP) is -11.5. The molecule has 15 aliphatic rings. The highest BCUT2D eigenvalue weighted by Gasteiger charge is 2.73. The number of carbonyl (C=O) groups excluding carboxylic acids is 1. The molecule has 54 atom stereocenters. The van der Waals surface area contributed by atoms with Gasteiger partial charge in [0.1, 0.15) is 182 Å². The quantitative estimate of drug-likeness (QED) is 0.0217. The van der Waals surface area contributed by atoms with E-state index >= 15 is 4.79 Å². The third-order valence-corrected chi connectivity index (χ3v) is 32.8. The summed E-state index contributed by atoms with van der Waals surface area (Å²) in [5, 5.41) is 304. The summed E-state index contributed by atoms with van der Waals surface area (Å²) in [5.74, 6) is -2.07. The smallest absolute Gasteiger partial charge is 0.315 e. The van der Waals surface area contributed by atoms with Gasteiger partial charge in [0.15, 0.2) is 62.7 Å². The molecule has 0 bridgehead atoms. The van der Waals surface area contributed by atoms with Gasteiger partial charge < -0.3 is 233 Å². The fourth-order valence-corrected chi connectivity index (χ4v) is 24.3. The van der Waals surface area contributed by atoms with Crippen LogP contribution >= 0.6 is 0 Å². The molecule has 4 saturated carbocycles. The molecular formula is C86H140O48. The summed E-state index contributed by atoms with van der Waals surface area (Å²) in [6.45, 7) is 8.46. The van der Waals surface area contributed by atoms with Crippen LogP contribution in [-0.4, -0.2) is 492 Å². The summed E-state index contributed by atoms with van der Waals surface area (Å²) >= 11 is 0. The minimum atomic E-state index is -2.33. The van der Waals surface area contributed by atoms with E-state index in [-0.39, 0.29) is 25.2 Å². The van der Waals surface area contributed by atoms with Gasteiger partial charge in [0.2, 0.25) is 6.29 Å². The lowest BCUT2D eigenvalue weighted by atomic mass is 9.33. The number of allylic oxidation sites excluding steroid dienone is 2. The van der Waals surface area contributed by atoms with Gasteiger partial charge in [-0.05, 0) is 118 Å². The number of ether oxygens (including phenoxy) is 20. The Kier molecular flexibility index (Phi) is 31.9. The number of aliphatic hydroxyl groups is 27. The predicted molar refractivity (Wildman–Crippen MR) is 433 cm³/mol. The molecule has 0 aromatic heterocycles. The highest BCUT2D eigenvalue weighted by molar-refractivity contribution is 5.79. The van der Waals surface area contributed by atoms with E-state index in [9.17, 15) is 138 Å². The lowest BCUT2D eigenvalue weighted by molar-refractivity contribution is -0.402. The normalized spacial score (nSPS) is 55.5. The van der Waals surface area contributed by atoms with Crippen LogP contribution in [0.15, 0.2) is 11.6 Å². The summed E-state index contributed by atoms with van der Waals surface area (Å²) < 4.78 is 122. The SMILES string of the molecule is C[C@@H]1O[C@@H](O[C@@H]2[C@@H](O)[C@H](O[C@@H]3[C@@H](O[C@@H]4OC[C@@H](O)[C@H](O)[C@H]4O)[C@@H](O)[C@H](O[C@H]4[C@H](OC(=O)[C@]56CCC(C)(C)C[C@H]5C5=CC[C@@H]7[C@@]8(C)C[C@H](O)[C@H](O[C@@H]9O[C@H](CO)[C@@H](O)[C@H](O[C@@H]%10O[C@H](CO)[C@@H](O)[C@H](O[C@@H]%11OC[C@](O)(CO)[C@H]%11O)[C@H]%10O)[C@H]9O)[C@@](C)(CO)[C@@H]8CC[C@@]7(C)[C@]5(C)CC6)O[C@H](C)[C@@H](O)[C@@H]4O[C@@H]4OC[C@](O)(CO)[C@H]4O)O[C@H]3C)OC[C@H]2O)[C@H](O[C@@H]2O[C@H](CO)[C@H](O)[C@H](O)[C@H]2O)[C@H](O)[C@H]1O. The second kappa shape index (κ2) is 40.4. The van der Waals surface area contributed by atoms with Crippen molar-refractivity contribution in [2.24, 2.45) is 50.2 Å². The van der Waals surface area contributed by atoms with E-state index in [4.69, 9.17) is 94.7 Å². The van der Waals surface area contributed by atoms with E-state index in [0.29, 0.717) is 38.5 Å². The molecule has 772 valence electrons. The monoisotopic (exact) mass is 1940 g/mol. The highest BCUT2D eigenvalue weighted by atomic mass is 16.8. The van der Waals surface area contributed by atoms with Crippen LogP contribution in [0.25, 0.3) is 0 Å². The molecule has 5 aliphatic carbocycles. The van der Waals surface area contributed by atoms with Crippen LogP contribution in [-0.2, 0) is 99.5 Å². The number of fused-ring (bicyclic) bond motifs is 7. The Morgan fingerprint density at radius 2 is 0.828 bits per heavy atom. The van der Waals surface area contributed by atoms with Gasteiger partial charge in [-0.25, -0.2) is 0 Å². The topological polar surface area (TPSA) is 748 Å². The number of esters is 1. The standard InChI is InChI=1S/C86H140O48/c1-30-43(96)50(103)63(131-70-52(105)49(102)46(99)38(20-87)122-70)74(119-30)126-58-37(95)24-116-69(53(58)106)125-57-32(3)121-71(56(109)62(57)129-68-51(104)45(98)36(94)23-115-68)132-64-61(130-77-66(111)86(114,27-92)29-118-77)44(97)31(2)120-75(64)134-78(112)84-16-14-79(4,5)18-34(84)33-10-11-42-80(6)19-35(93)67(81(7,25-90)41(80)12-13-83(42,9)82(33,8)15-17-84)133-73-55(108)59(47(100)40(22-89)124-73)127-72-54(107)60(48(101)39(21-88)123-72)128-76-65(110)85(113,26-91)28-117-76/h10,30-32,34-77,87-111,113-114H,11-29H2,1-9H3/t30-,31+,32-,34-,35-,36+,37+,38+,39+,40+,41+,42+,43-,44+,45-,46-,47+,48+,49-,50+,51+,52+,53+,54+,55+,56+,57-,58-,59-,60-,61-,62-,63+,64+,65-,66-,67-,68-,69-,70-,71-,72-,73-,74-,75-,76-,77-,80-,81-,82+,83+,84-,85+,86+/m0/s1. The molecule has 0 aromatic rings. The van der Waals surface area contributed by atoms with Crippen molar-refractivity contribution in [2.75, 3.05) is 66.1 Å². The third-order valence-electron chi connectivity index (χ3n) is 32.8.